The number of sulfone groups is 1. The largest absolute Gasteiger partial charge is 0.377 e. The van der Waals surface area contributed by atoms with Gasteiger partial charge in [0.05, 0.1) is 17.6 Å². The number of rotatable bonds is 4. The Hall–Kier alpha value is -0.600. The van der Waals surface area contributed by atoms with Gasteiger partial charge in [-0.1, -0.05) is 11.8 Å². The number of hydrogen-bond donors (Lipinski definition) is 0. The van der Waals surface area contributed by atoms with E-state index in [1.807, 2.05) is 11.6 Å². The van der Waals surface area contributed by atoms with E-state index in [0.29, 0.717) is 12.5 Å². The van der Waals surface area contributed by atoms with Gasteiger partial charge in [-0.25, -0.2) is 8.42 Å². The highest BCUT2D eigenvalue weighted by Gasteiger charge is 2.32. The molecule has 2 atom stereocenters. The van der Waals surface area contributed by atoms with E-state index in [0.717, 1.165) is 36.2 Å². The molecule has 0 unspecified atom stereocenters. The quantitative estimate of drug-likeness (QED) is 0.776. The van der Waals surface area contributed by atoms with E-state index < -0.39 is 9.84 Å². The highest BCUT2D eigenvalue weighted by atomic mass is 32.2. The van der Waals surface area contributed by atoms with Crippen LogP contribution in [0.15, 0.2) is 5.16 Å². The summed E-state index contributed by atoms with van der Waals surface area (Å²) in [5.41, 5.74) is 0. The standard InChI is InChI=1S/C13H21N3O3S2/c1-16-12(10-5-7-21(17,18)9-10)14-15-13(16)20-8-11-4-2-3-6-19-11/h10-11H,2-9H2,1H3/t10-,11+/m0/s1. The molecule has 0 spiro atoms. The lowest BCUT2D eigenvalue weighted by Crippen LogP contribution is -2.21. The summed E-state index contributed by atoms with van der Waals surface area (Å²) in [5, 5.41) is 9.28. The minimum absolute atomic E-state index is 0.00668. The number of aromatic nitrogens is 3. The molecular formula is C13H21N3O3S2. The molecule has 2 aliphatic rings. The Morgan fingerprint density at radius 1 is 1.33 bits per heavy atom. The van der Waals surface area contributed by atoms with Crippen molar-refractivity contribution in [3.63, 3.8) is 0 Å². The van der Waals surface area contributed by atoms with Crippen molar-refractivity contribution in [2.45, 2.75) is 42.9 Å². The minimum atomic E-state index is -2.89. The first-order valence-corrected chi connectivity index (χ1v) is 10.2. The van der Waals surface area contributed by atoms with Crippen LogP contribution in [0.4, 0.5) is 0 Å². The van der Waals surface area contributed by atoms with Crippen LogP contribution in [-0.2, 0) is 21.6 Å². The number of nitrogens with zero attached hydrogens (tertiary/aromatic N) is 3. The molecule has 0 aromatic carbocycles. The van der Waals surface area contributed by atoms with Crippen molar-refractivity contribution in [3.8, 4) is 0 Å². The molecule has 2 fully saturated rings. The molecule has 118 valence electrons. The Labute approximate surface area is 129 Å². The van der Waals surface area contributed by atoms with E-state index >= 15 is 0 Å². The van der Waals surface area contributed by atoms with Crippen LogP contribution in [0.25, 0.3) is 0 Å². The maximum absolute atomic E-state index is 11.6. The van der Waals surface area contributed by atoms with E-state index in [1.165, 1.54) is 6.42 Å². The molecule has 6 nitrogen and oxygen atoms in total. The second kappa shape index (κ2) is 6.26. The summed E-state index contributed by atoms with van der Waals surface area (Å²) in [7, 11) is -0.967. The SMILES string of the molecule is Cn1c(SC[C@H]2CCCCO2)nnc1[C@H]1CCS(=O)(=O)C1. The van der Waals surface area contributed by atoms with Crippen molar-refractivity contribution < 1.29 is 13.2 Å². The second-order valence-electron chi connectivity index (χ2n) is 5.80. The smallest absolute Gasteiger partial charge is 0.191 e. The van der Waals surface area contributed by atoms with Crippen LogP contribution in [0.5, 0.6) is 0 Å². The molecule has 0 radical (unpaired) electrons. The molecule has 0 N–H and O–H groups in total. The van der Waals surface area contributed by atoms with Gasteiger partial charge in [0, 0.05) is 25.3 Å². The van der Waals surface area contributed by atoms with Crippen LogP contribution in [0.3, 0.4) is 0 Å². The maximum atomic E-state index is 11.6. The zero-order valence-electron chi connectivity index (χ0n) is 12.2. The first kappa shape index (κ1) is 15.3. The Balaban J connectivity index is 1.62. The predicted octanol–water partition coefficient (Wildman–Crippen LogP) is 1.38. The summed E-state index contributed by atoms with van der Waals surface area (Å²) >= 11 is 1.65. The van der Waals surface area contributed by atoms with Crippen LogP contribution in [0.1, 0.15) is 37.4 Å². The zero-order valence-corrected chi connectivity index (χ0v) is 13.8. The second-order valence-corrected chi connectivity index (χ2v) is 9.02. The number of thioether (sulfide) groups is 1. The van der Waals surface area contributed by atoms with E-state index in [-0.39, 0.29) is 17.4 Å². The monoisotopic (exact) mass is 331 g/mol. The molecule has 8 heteroatoms. The Morgan fingerprint density at radius 3 is 2.86 bits per heavy atom. The third-order valence-electron chi connectivity index (χ3n) is 4.14. The van der Waals surface area contributed by atoms with Crippen LogP contribution in [0, 0.1) is 0 Å². The molecule has 0 bridgehead atoms. The highest BCUT2D eigenvalue weighted by molar-refractivity contribution is 7.99. The van der Waals surface area contributed by atoms with Gasteiger partial charge in [0.2, 0.25) is 0 Å². The molecule has 3 rings (SSSR count). The van der Waals surface area contributed by atoms with Crippen molar-refractivity contribution >= 4 is 21.6 Å². The average molecular weight is 331 g/mol. The van der Waals surface area contributed by atoms with E-state index in [2.05, 4.69) is 10.2 Å². The Bertz CT molecular complexity index is 594. The van der Waals surface area contributed by atoms with E-state index in [4.69, 9.17) is 4.74 Å². The summed E-state index contributed by atoms with van der Waals surface area (Å²) < 4.78 is 30.8. The normalized spacial score (nSPS) is 28.8. The molecule has 1 aromatic heterocycles. The number of ether oxygens (including phenoxy) is 1. The zero-order chi connectivity index (χ0) is 14.9. The van der Waals surface area contributed by atoms with Crippen molar-refractivity contribution in [2.24, 2.45) is 7.05 Å². The third kappa shape index (κ3) is 3.60. The van der Waals surface area contributed by atoms with Crippen LogP contribution < -0.4 is 0 Å². The van der Waals surface area contributed by atoms with Crippen LogP contribution >= 0.6 is 11.8 Å². The topological polar surface area (TPSA) is 74.1 Å². The fourth-order valence-electron chi connectivity index (χ4n) is 2.91. The van der Waals surface area contributed by atoms with Crippen molar-refractivity contribution in [3.05, 3.63) is 5.82 Å². The lowest BCUT2D eigenvalue weighted by molar-refractivity contribution is 0.0315. The van der Waals surface area contributed by atoms with Gasteiger partial charge in [-0.3, -0.25) is 0 Å². The van der Waals surface area contributed by atoms with Crippen LogP contribution in [-0.4, -0.2) is 53.2 Å². The molecule has 2 saturated heterocycles. The Morgan fingerprint density at radius 2 is 2.19 bits per heavy atom. The van der Waals surface area contributed by atoms with Crippen LogP contribution in [0.2, 0.25) is 0 Å². The van der Waals surface area contributed by atoms with Gasteiger partial charge in [-0.15, -0.1) is 10.2 Å². The van der Waals surface area contributed by atoms with E-state index in [1.54, 1.807) is 11.8 Å². The fraction of sp³-hybridized carbons (Fsp3) is 0.846. The van der Waals surface area contributed by atoms with Crippen molar-refractivity contribution in [2.75, 3.05) is 23.9 Å². The van der Waals surface area contributed by atoms with Gasteiger partial charge in [0.25, 0.3) is 0 Å². The summed E-state index contributed by atoms with van der Waals surface area (Å²) in [5.74, 6) is 2.14. The predicted molar refractivity (Wildman–Crippen MR) is 81.3 cm³/mol. The molecular weight excluding hydrogens is 310 g/mol. The molecule has 1 aromatic rings. The van der Waals surface area contributed by atoms with Gasteiger partial charge in [-0.2, -0.15) is 0 Å². The van der Waals surface area contributed by atoms with Gasteiger partial charge in [0.1, 0.15) is 5.82 Å². The van der Waals surface area contributed by atoms with Gasteiger partial charge in [0.15, 0.2) is 15.0 Å². The number of hydrogen-bond acceptors (Lipinski definition) is 6. The van der Waals surface area contributed by atoms with Gasteiger partial charge in [-0.05, 0) is 25.7 Å². The molecule has 0 saturated carbocycles. The summed E-state index contributed by atoms with van der Waals surface area (Å²) in [6, 6.07) is 0. The van der Waals surface area contributed by atoms with Gasteiger partial charge < -0.3 is 9.30 Å². The molecule has 2 aliphatic heterocycles. The lowest BCUT2D eigenvalue weighted by atomic mass is 10.1. The summed E-state index contributed by atoms with van der Waals surface area (Å²) in [6.07, 6.45) is 4.46. The lowest BCUT2D eigenvalue weighted by Gasteiger charge is -2.21. The van der Waals surface area contributed by atoms with E-state index in [9.17, 15) is 8.42 Å². The maximum Gasteiger partial charge on any atom is 0.191 e. The molecule has 21 heavy (non-hydrogen) atoms. The fourth-order valence-corrected chi connectivity index (χ4v) is 5.64. The summed E-state index contributed by atoms with van der Waals surface area (Å²) in [4.78, 5) is 0. The van der Waals surface area contributed by atoms with Crippen molar-refractivity contribution in [1.82, 2.24) is 14.8 Å². The summed E-state index contributed by atoms with van der Waals surface area (Å²) in [6.45, 7) is 0.856. The third-order valence-corrected chi connectivity index (χ3v) is 7.06. The van der Waals surface area contributed by atoms with Gasteiger partial charge >= 0.3 is 0 Å². The Kier molecular flexibility index (Phi) is 4.56. The minimum Gasteiger partial charge on any atom is -0.377 e. The first-order valence-electron chi connectivity index (χ1n) is 7.39. The molecule has 0 aliphatic carbocycles. The average Bonchev–Trinajstić information content (AvgIpc) is 3.00. The van der Waals surface area contributed by atoms with Crippen molar-refractivity contribution in [1.29, 1.82) is 0 Å². The first-order chi connectivity index (χ1) is 10.1. The highest BCUT2D eigenvalue weighted by Crippen LogP contribution is 2.30. The molecule has 0 amide bonds. The molecule has 3 heterocycles.